The van der Waals surface area contributed by atoms with E-state index in [2.05, 4.69) is 0 Å². The summed E-state index contributed by atoms with van der Waals surface area (Å²) in [6.07, 6.45) is 2.44. The highest BCUT2D eigenvalue weighted by Gasteiger charge is 2.29. The molecule has 0 aliphatic carbocycles. The Morgan fingerprint density at radius 3 is 1.54 bits per heavy atom. The van der Waals surface area contributed by atoms with E-state index in [1.807, 2.05) is 13.8 Å². The van der Waals surface area contributed by atoms with Gasteiger partial charge in [0.1, 0.15) is 9.42 Å². The molecule has 0 rings (SSSR count). The highest BCUT2D eigenvalue weighted by molar-refractivity contribution is 7.95. The van der Waals surface area contributed by atoms with E-state index in [0.717, 1.165) is 12.8 Å². The third-order valence-corrected chi connectivity index (χ3v) is 5.57. The predicted octanol–water partition coefficient (Wildman–Crippen LogP) is 3.13. The van der Waals surface area contributed by atoms with E-state index in [9.17, 15) is 8.42 Å². The summed E-state index contributed by atoms with van der Waals surface area (Å²) in [5.41, 5.74) is 0. The van der Waals surface area contributed by atoms with Gasteiger partial charge >= 0.3 is 0 Å². The van der Waals surface area contributed by atoms with Gasteiger partial charge in [0.05, 0.1) is 0 Å². The topological polar surface area (TPSA) is 34.1 Å². The average molecular weight is 247 g/mol. The van der Waals surface area contributed by atoms with Crippen LogP contribution in [0.4, 0.5) is 0 Å². The van der Waals surface area contributed by atoms with E-state index in [0.29, 0.717) is 12.8 Å². The van der Waals surface area contributed by atoms with Gasteiger partial charge in [-0.1, -0.05) is 26.7 Å². The lowest BCUT2D eigenvalue weighted by Crippen LogP contribution is -2.24. The van der Waals surface area contributed by atoms with E-state index >= 15 is 0 Å². The molecule has 80 valence electrons. The van der Waals surface area contributed by atoms with Crippen molar-refractivity contribution in [1.82, 2.24) is 0 Å². The van der Waals surface area contributed by atoms with Crippen molar-refractivity contribution in [2.75, 3.05) is 0 Å². The summed E-state index contributed by atoms with van der Waals surface area (Å²) in [6, 6.07) is 0. The maximum Gasteiger partial charge on any atom is 0.183 e. The molecule has 0 radical (unpaired) electrons. The van der Waals surface area contributed by atoms with Gasteiger partial charge in [0.15, 0.2) is 9.84 Å². The minimum Gasteiger partial charge on any atom is -0.226 e. The minimum absolute atomic E-state index is 0.469. The number of hydrogen-bond acceptors (Lipinski definition) is 2. The van der Waals surface area contributed by atoms with E-state index in [-0.39, 0.29) is 0 Å². The molecule has 0 heterocycles. The Kier molecular flexibility index (Phi) is 6.34. The van der Waals surface area contributed by atoms with Crippen LogP contribution in [0.1, 0.15) is 39.5 Å². The van der Waals surface area contributed by atoms with E-state index in [1.54, 1.807) is 0 Å². The van der Waals surface area contributed by atoms with Crippen molar-refractivity contribution in [2.24, 2.45) is 0 Å². The van der Waals surface area contributed by atoms with Crippen LogP contribution in [0.5, 0.6) is 0 Å². The Morgan fingerprint density at radius 1 is 1.00 bits per heavy atom. The van der Waals surface area contributed by atoms with Crippen molar-refractivity contribution in [2.45, 2.75) is 48.9 Å². The van der Waals surface area contributed by atoms with Gasteiger partial charge in [-0.3, -0.25) is 0 Å². The zero-order valence-electron chi connectivity index (χ0n) is 7.96. The molecule has 0 bridgehead atoms. The molecule has 2 nitrogen and oxygen atoms in total. The molecule has 13 heavy (non-hydrogen) atoms. The van der Waals surface area contributed by atoms with Crippen molar-refractivity contribution < 1.29 is 8.42 Å². The van der Waals surface area contributed by atoms with Gasteiger partial charge in [0, 0.05) is 0 Å². The Hall–Kier alpha value is 0.530. The molecule has 0 spiro atoms. The predicted molar refractivity (Wildman–Crippen MR) is 58.0 cm³/mol. The molecule has 0 aromatic rings. The number of hydrogen-bond donors (Lipinski definition) is 0. The summed E-state index contributed by atoms with van der Waals surface area (Å²) in [7, 11) is -3.33. The second-order valence-corrected chi connectivity index (χ2v) is 6.87. The Balaban J connectivity index is 4.37. The van der Waals surface area contributed by atoms with Gasteiger partial charge in [0.2, 0.25) is 0 Å². The van der Waals surface area contributed by atoms with Crippen LogP contribution in [-0.2, 0) is 9.84 Å². The molecule has 2 unspecified atom stereocenters. The van der Waals surface area contributed by atoms with Gasteiger partial charge in [-0.15, -0.1) is 23.2 Å². The van der Waals surface area contributed by atoms with Crippen LogP contribution in [0.3, 0.4) is 0 Å². The summed E-state index contributed by atoms with van der Waals surface area (Å²) < 4.78 is 21.4. The van der Waals surface area contributed by atoms with Crippen LogP contribution in [0, 0.1) is 0 Å². The lowest BCUT2D eigenvalue weighted by atomic mass is 10.4. The molecule has 2 atom stereocenters. The Bertz CT molecular complexity index is 208. The first-order valence-electron chi connectivity index (χ1n) is 4.47. The van der Waals surface area contributed by atoms with Gasteiger partial charge in [-0.05, 0) is 12.8 Å². The maximum atomic E-state index is 11.5. The lowest BCUT2D eigenvalue weighted by Gasteiger charge is -2.14. The molecule has 0 amide bonds. The fraction of sp³-hybridized carbons (Fsp3) is 1.00. The molecular formula is C8H16Cl2O2S. The Morgan fingerprint density at radius 2 is 1.31 bits per heavy atom. The molecule has 0 fully saturated rings. The zero-order chi connectivity index (χ0) is 10.5. The highest BCUT2D eigenvalue weighted by atomic mass is 35.5. The normalized spacial score (nSPS) is 16.9. The average Bonchev–Trinajstić information content (AvgIpc) is 2.05. The Labute approximate surface area is 90.5 Å². The number of rotatable bonds is 6. The fourth-order valence-electron chi connectivity index (χ4n) is 0.943. The highest BCUT2D eigenvalue weighted by Crippen LogP contribution is 2.23. The summed E-state index contributed by atoms with van der Waals surface area (Å²) in [6.45, 7) is 3.79. The minimum atomic E-state index is -3.33. The first kappa shape index (κ1) is 13.5. The van der Waals surface area contributed by atoms with Crippen LogP contribution in [0.25, 0.3) is 0 Å². The van der Waals surface area contributed by atoms with Crippen LogP contribution in [-0.4, -0.2) is 17.8 Å². The van der Waals surface area contributed by atoms with Crippen LogP contribution in [0.15, 0.2) is 0 Å². The van der Waals surface area contributed by atoms with Crippen LogP contribution < -0.4 is 0 Å². The van der Waals surface area contributed by atoms with Crippen molar-refractivity contribution in [3.05, 3.63) is 0 Å². The van der Waals surface area contributed by atoms with Crippen LogP contribution in [0.2, 0.25) is 0 Å². The van der Waals surface area contributed by atoms with E-state index < -0.39 is 19.3 Å². The summed E-state index contributed by atoms with van der Waals surface area (Å²) in [5, 5.41) is 0. The molecule has 0 saturated heterocycles. The first-order chi connectivity index (χ1) is 5.96. The molecular weight excluding hydrogens is 231 g/mol. The van der Waals surface area contributed by atoms with Crippen molar-refractivity contribution in [3.8, 4) is 0 Å². The van der Waals surface area contributed by atoms with E-state index in [4.69, 9.17) is 23.2 Å². The summed E-state index contributed by atoms with van der Waals surface area (Å²) >= 11 is 11.5. The third kappa shape index (κ3) is 4.05. The summed E-state index contributed by atoms with van der Waals surface area (Å²) in [4.78, 5) is 0. The maximum absolute atomic E-state index is 11.5. The monoisotopic (exact) mass is 246 g/mol. The van der Waals surface area contributed by atoms with E-state index in [1.165, 1.54) is 0 Å². The van der Waals surface area contributed by atoms with Crippen LogP contribution >= 0.6 is 23.2 Å². The zero-order valence-corrected chi connectivity index (χ0v) is 10.3. The number of sulfone groups is 1. The largest absolute Gasteiger partial charge is 0.226 e. The summed E-state index contributed by atoms with van der Waals surface area (Å²) in [5.74, 6) is 0. The van der Waals surface area contributed by atoms with Gasteiger partial charge in [-0.25, -0.2) is 8.42 Å². The molecule has 0 N–H and O–H groups in total. The SMILES string of the molecule is CCCC(Cl)S(=O)(=O)C(Cl)CCC. The van der Waals surface area contributed by atoms with Crippen molar-refractivity contribution >= 4 is 33.0 Å². The molecule has 0 saturated carbocycles. The molecule has 0 aromatic carbocycles. The number of alkyl halides is 2. The van der Waals surface area contributed by atoms with Crippen molar-refractivity contribution in [3.63, 3.8) is 0 Å². The third-order valence-electron chi connectivity index (χ3n) is 1.74. The smallest absolute Gasteiger partial charge is 0.183 e. The number of halogens is 2. The van der Waals surface area contributed by atoms with Gasteiger partial charge in [-0.2, -0.15) is 0 Å². The molecule has 0 aromatic heterocycles. The molecule has 0 aliphatic rings. The quantitative estimate of drug-likeness (QED) is 0.676. The van der Waals surface area contributed by atoms with Crippen molar-refractivity contribution in [1.29, 1.82) is 0 Å². The molecule has 0 aliphatic heterocycles. The van der Waals surface area contributed by atoms with Gasteiger partial charge in [0.25, 0.3) is 0 Å². The second kappa shape index (κ2) is 6.10. The first-order valence-corrected chi connectivity index (χ1v) is 6.95. The standard InChI is InChI=1S/C8H16Cl2O2S/c1-3-5-7(9)13(11,12)8(10)6-4-2/h7-8H,3-6H2,1-2H3. The lowest BCUT2D eigenvalue weighted by molar-refractivity contribution is 0.580. The fourth-order valence-corrected chi connectivity index (χ4v) is 3.73. The second-order valence-electron chi connectivity index (χ2n) is 2.99. The molecule has 5 heteroatoms. The van der Waals surface area contributed by atoms with Gasteiger partial charge < -0.3 is 0 Å².